The molecule has 3 aliphatic heterocycles. The number of nitrogens with one attached hydrogen (secondary N) is 2. The number of aryl methyl sites for hydroxylation is 2. The summed E-state index contributed by atoms with van der Waals surface area (Å²) in [6.07, 6.45) is 2.58. The molecule has 0 radical (unpaired) electrons. The third-order valence-corrected chi connectivity index (χ3v) is 20.5. The molecule has 1 aliphatic carbocycles. The number of unbranched alkanes of at least 4 members (excludes halogenated alkanes) is 6. The highest BCUT2D eigenvalue weighted by Crippen LogP contribution is 2.43. The minimum absolute atomic E-state index is 0.0446. The minimum Gasteiger partial charge on any atom is -0.493 e. The van der Waals surface area contributed by atoms with Gasteiger partial charge in [0, 0.05) is 92.6 Å². The van der Waals surface area contributed by atoms with Gasteiger partial charge in [0.05, 0.1) is 41.5 Å². The zero-order chi connectivity index (χ0) is 72.2. The molecule has 5 atom stereocenters. The van der Waals surface area contributed by atoms with Crippen LogP contribution in [-0.4, -0.2) is 231 Å². The Bertz CT molecular complexity index is 4100. The lowest BCUT2D eigenvalue weighted by Crippen LogP contribution is -2.61. The summed E-state index contributed by atoms with van der Waals surface area (Å²) in [5.41, 5.74) is 4.02. The van der Waals surface area contributed by atoms with Crippen LogP contribution in [0.4, 0.5) is 30.7 Å². The van der Waals surface area contributed by atoms with Gasteiger partial charge in [-0.2, -0.15) is 4.57 Å². The molecule has 31 nitrogen and oxygen atoms in total. The van der Waals surface area contributed by atoms with Gasteiger partial charge in [-0.25, -0.2) is 47.1 Å². The van der Waals surface area contributed by atoms with Crippen molar-refractivity contribution < 1.29 is 100 Å². The average Bonchev–Trinajstić information content (AvgIpc) is 1.54. The van der Waals surface area contributed by atoms with Crippen molar-refractivity contribution in [3.05, 3.63) is 84.4 Å². The van der Waals surface area contributed by atoms with Crippen molar-refractivity contribution in [2.45, 2.75) is 133 Å². The number of sulfonamides is 1. The molecule has 3 aromatic heterocycles. The number of hydrogen-bond acceptors (Lipinski definition) is 22. The molecule has 3 aromatic carbocycles. The van der Waals surface area contributed by atoms with Crippen LogP contribution in [0.2, 0.25) is 0 Å². The molecule has 101 heavy (non-hydrogen) atoms. The second kappa shape index (κ2) is 33.4. The number of anilines is 2. The summed E-state index contributed by atoms with van der Waals surface area (Å²) < 4.78 is 75.5. The Hall–Kier alpha value is -9.34. The van der Waals surface area contributed by atoms with E-state index in [2.05, 4.69) is 35.5 Å². The van der Waals surface area contributed by atoms with Gasteiger partial charge in [0.2, 0.25) is 34.7 Å². The van der Waals surface area contributed by atoms with Gasteiger partial charge in [-0.3, -0.25) is 9.36 Å². The van der Waals surface area contributed by atoms with Gasteiger partial charge in [0.1, 0.15) is 42.8 Å². The normalized spacial score (nSPS) is 19.1. The Balaban J connectivity index is 0.638. The van der Waals surface area contributed by atoms with E-state index in [1.54, 1.807) is 39.5 Å². The van der Waals surface area contributed by atoms with E-state index < -0.39 is 76.9 Å². The van der Waals surface area contributed by atoms with Gasteiger partial charge in [-0.1, -0.05) is 38.2 Å². The summed E-state index contributed by atoms with van der Waals surface area (Å²) in [6.45, 7) is 1.31. The molecule has 32 heteroatoms. The quantitative estimate of drug-likeness (QED) is 0.0229. The Morgan fingerprint density at radius 1 is 0.733 bits per heavy atom. The van der Waals surface area contributed by atoms with Crippen molar-refractivity contribution in [2.75, 3.05) is 105 Å². The zero-order valence-electron chi connectivity index (χ0n) is 57.8. The largest absolute Gasteiger partial charge is 0.493 e. The Kier molecular flexibility index (Phi) is 24.6. The number of carboxylic acid groups (broad SMARTS) is 1. The molecule has 0 unspecified atom stereocenters. The first-order valence-corrected chi connectivity index (χ1v) is 35.5. The maximum atomic E-state index is 13.8. The van der Waals surface area contributed by atoms with Gasteiger partial charge in [-0.05, 0) is 110 Å². The van der Waals surface area contributed by atoms with Crippen LogP contribution in [0.5, 0.6) is 28.7 Å². The van der Waals surface area contributed by atoms with E-state index in [0.29, 0.717) is 65.1 Å². The van der Waals surface area contributed by atoms with E-state index in [4.69, 9.17) is 37.9 Å². The number of aliphatic hydroxyl groups is 3. The van der Waals surface area contributed by atoms with Crippen LogP contribution < -0.4 is 43.2 Å². The highest BCUT2D eigenvalue weighted by atomic mass is 32.2. The number of pyridine rings is 1. The topological polar surface area (TPSA) is 366 Å². The molecule has 6 N–H and O–H groups in total. The van der Waals surface area contributed by atoms with Crippen molar-refractivity contribution >= 4 is 79.5 Å². The van der Waals surface area contributed by atoms with Gasteiger partial charge in [0.15, 0.2) is 47.5 Å². The number of hydrogen-bond donors (Lipinski definition) is 6. The van der Waals surface area contributed by atoms with E-state index in [9.17, 15) is 57.6 Å². The SMILES string of the molecule is CNS(=O)(=O)CC1CCC(N(C)c2ncnc3c2ccn3C(=O)N(C)CCN(C)C(=O)OCc2ccc(O[C@@H]3O[C@H](C(=O)O)[C@@H](O)[C@H](O)[C@H]3O)c(NC(=O)CCCCCCCCCOC(=O)N(C)CCN(C)C(=O)Oc3c(OC)ccc4cc5[n+](cc34)CCc3cc4c(cc3-5)OCO4)c2)CC1. The molecule has 0 bridgehead atoms. The van der Waals surface area contributed by atoms with Crippen molar-refractivity contribution in [1.82, 2.24) is 38.9 Å². The molecule has 1 saturated carbocycles. The number of methoxy groups -OCH3 is 1. The monoisotopic (exact) mass is 1420 g/mol. The van der Waals surface area contributed by atoms with Crippen LogP contribution in [0.25, 0.3) is 33.1 Å². The molecule has 1 saturated heterocycles. The summed E-state index contributed by atoms with van der Waals surface area (Å²) in [5, 5.41) is 46.2. The van der Waals surface area contributed by atoms with E-state index in [1.165, 1.54) is 69.9 Å². The van der Waals surface area contributed by atoms with Crippen molar-refractivity contribution in [1.29, 1.82) is 0 Å². The molecular weight excluding hydrogens is 1330 g/mol. The minimum atomic E-state index is -3.32. The first-order chi connectivity index (χ1) is 48.4. The maximum Gasteiger partial charge on any atom is 0.415 e. The van der Waals surface area contributed by atoms with E-state index in [-0.39, 0.29) is 87.5 Å². The third-order valence-electron chi connectivity index (χ3n) is 18.9. The second-order valence-corrected chi connectivity index (χ2v) is 27.9. The number of nitrogens with zero attached hydrogens (tertiary/aromatic N) is 9. The van der Waals surface area contributed by atoms with Gasteiger partial charge in [-0.15, -0.1) is 0 Å². The number of carbonyl (C=O) groups is 6. The second-order valence-electron chi connectivity index (χ2n) is 25.9. The lowest BCUT2D eigenvalue weighted by Gasteiger charge is -2.38. The molecular formula is C69H90N11O20S+. The number of aliphatic carboxylic acids is 1. The van der Waals surface area contributed by atoms with E-state index in [0.717, 1.165) is 85.7 Å². The fourth-order valence-corrected chi connectivity index (χ4v) is 13.9. The molecule has 6 heterocycles. The zero-order valence-corrected chi connectivity index (χ0v) is 58.6. The first kappa shape index (κ1) is 74.4. The molecule has 5 amide bonds. The lowest BCUT2D eigenvalue weighted by molar-refractivity contribution is -0.686. The number of amides is 5. The highest BCUT2D eigenvalue weighted by molar-refractivity contribution is 7.89. The van der Waals surface area contributed by atoms with Crippen LogP contribution in [0.15, 0.2) is 73.3 Å². The van der Waals surface area contributed by atoms with Gasteiger partial charge < -0.3 is 88.1 Å². The fourth-order valence-electron chi connectivity index (χ4n) is 12.8. The number of likely N-dealkylation sites (N-methyl/N-ethyl adjacent to an activating group) is 4. The van der Waals surface area contributed by atoms with Crippen LogP contribution in [-0.2, 0) is 53.4 Å². The number of carboxylic acids is 1. The Labute approximate surface area is 584 Å². The predicted octanol–water partition coefficient (Wildman–Crippen LogP) is 6.07. The number of aliphatic hydroxyl groups excluding tert-OH is 3. The maximum absolute atomic E-state index is 13.8. The molecule has 10 rings (SSSR count). The van der Waals surface area contributed by atoms with Crippen LogP contribution >= 0.6 is 0 Å². The summed E-state index contributed by atoms with van der Waals surface area (Å²) in [6, 6.07) is 15.6. The number of benzene rings is 3. The molecule has 546 valence electrons. The van der Waals surface area contributed by atoms with Crippen molar-refractivity contribution in [2.24, 2.45) is 5.92 Å². The molecule has 6 aromatic rings. The summed E-state index contributed by atoms with van der Waals surface area (Å²) in [5.74, 6) is 0.773. The van der Waals surface area contributed by atoms with Gasteiger partial charge in [0.25, 0.3) is 0 Å². The van der Waals surface area contributed by atoms with Crippen molar-refractivity contribution in [3.63, 3.8) is 0 Å². The summed E-state index contributed by atoms with van der Waals surface area (Å²) in [7, 11) is 7.82. The lowest BCUT2D eigenvalue weighted by atomic mass is 9.86. The number of ether oxygens (including phenoxy) is 8. The Morgan fingerprint density at radius 3 is 2.10 bits per heavy atom. The fraction of sp³-hybridized carbons (Fsp3) is 0.522. The molecule has 0 spiro atoms. The van der Waals surface area contributed by atoms with E-state index >= 15 is 0 Å². The third kappa shape index (κ3) is 18.1. The smallest absolute Gasteiger partial charge is 0.415 e. The van der Waals surface area contributed by atoms with Crippen LogP contribution in [0.3, 0.4) is 0 Å². The average molecular weight is 1430 g/mol. The number of aromatic nitrogens is 4. The number of rotatable bonds is 29. The van der Waals surface area contributed by atoms with E-state index in [1.807, 2.05) is 31.4 Å². The standard InChI is InChI=1S/C69H89N11O20S/c1-70-101(91,92)39-42-16-20-46(21-17-42)78(6)62-47-25-27-80(63(47)72-40-71-62)66(87)74(2)28-29-76(4)68(89)95-38-43-18-22-52(98-65-59(84)57(82)58(83)61(99-65)64(85)86)50(33-43)73-56(81)15-13-11-9-8-10-12-14-32-94-67(88)75(3)30-31-77(5)69(90)100-60-49-37-79-26-24-45-35-54-55(97-41-96-54)36-48(45)51(79)34-44(49)19-23-53(60)93-7/h18-19,22-23,25,27,33-37,40,42,46,57-59,61,65,70,82-84H,8-17,20-21,24,26,28-32,38-39,41H2,1-7H3,(H-,73,81,85,86)/p+1/t42?,46?,57-,58-,59+,61-,65+/m0/s1. The summed E-state index contributed by atoms with van der Waals surface area (Å²) >= 11 is 0. The van der Waals surface area contributed by atoms with Crippen LogP contribution in [0.1, 0.15) is 88.2 Å². The van der Waals surface area contributed by atoms with Gasteiger partial charge >= 0.3 is 30.3 Å². The van der Waals surface area contributed by atoms with Crippen LogP contribution in [0, 0.1) is 5.92 Å². The first-order valence-electron chi connectivity index (χ1n) is 33.8. The van der Waals surface area contributed by atoms with Crippen molar-refractivity contribution in [3.8, 4) is 40.0 Å². The molecule has 4 aliphatic rings. The number of fused-ring (bicyclic) bond motifs is 6. The predicted molar refractivity (Wildman–Crippen MR) is 366 cm³/mol. The molecule has 2 fully saturated rings. The Morgan fingerprint density at radius 2 is 1.40 bits per heavy atom. The summed E-state index contributed by atoms with van der Waals surface area (Å²) in [4.78, 5) is 95.5. The number of carbonyl (C=O) groups excluding carboxylic acids is 5. The highest BCUT2D eigenvalue weighted by Gasteiger charge is 2.48.